The zero-order valence-electron chi connectivity index (χ0n) is 16.6. The third kappa shape index (κ3) is 3.89. The number of rotatable bonds is 5. The van der Waals surface area contributed by atoms with E-state index in [2.05, 4.69) is 12.0 Å². The minimum atomic E-state index is -0.367. The number of carbonyl (C=O) groups is 2. The van der Waals surface area contributed by atoms with Crippen LogP contribution in [0, 0.1) is 13.8 Å². The van der Waals surface area contributed by atoms with Gasteiger partial charge in [0.25, 0.3) is 5.91 Å². The van der Waals surface area contributed by atoms with Gasteiger partial charge in [-0.2, -0.15) is 5.10 Å². The third-order valence-corrected chi connectivity index (χ3v) is 5.15. The van der Waals surface area contributed by atoms with Gasteiger partial charge in [-0.15, -0.1) is 0 Å². The van der Waals surface area contributed by atoms with Crippen LogP contribution in [-0.4, -0.2) is 57.6 Å². The minimum absolute atomic E-state index is 0.0396. The molecule has 6 heteroatoms. The second kappa shape index (κ2) is 7.94. The van der Waals surface area contributed by atoms with Crippen LogP contribution in [0.15, 0.2) is 30.3 Å². The summed E-state index contributed by atoms with van der Waals surface area (Å²) in [6.07, 6.45) is 2.64. The number of hydrogen-bond donors (Lipinski definition) is 0. The van der Waals surface area contributed by atoms with Gasteiger partial charge in [0.05, 0.1) is 11.4 Å². The Bertz CT molecular complexity index is 842. The average Bonchev–Trinajstić information content (AvgIpc) is 3.00. The van der Waals surface area contributed by atoms with Crippen molar-refractivity contribution in [1.29, 1.82) is 0 Å². The van der Waals surface area contributed by atoms with Crippen molar-refractivity contribution in [3.8, 4) is 5.69 Å². The average molecular weight is 368 g/mol. The van der Waals surface area contributed by atoms with Crippen LogP contribution in [0.2, 0.25) is 0 Å². The topological polar surface area (TPSA) is 58.4 Å². The molecular formula is C21H28N4O2. The standard InChI is InChI=1S/C21H28N4O2/c1-5-6-10-19-21(27)23(4)11-12-24(19)20(26)17-8-7-9-18(14-17)25-16(3)13-15(2)22-25/h7-9,13-14,19H,5-6,10-12H2,1-4H3/t19-/m0/s1. The first-order valence-corrected chi connectivity index (χ1v) is 9.62. The summed E-state index contributed by atoms with van der Waals surface area (Å²) in [7, 11) is 1.81. The molecule has 1 fully saturated rings. The molecular weight excluding hydrogens is 340 g/mol. The van der Waals surface area contributed by atoms with Gasteiger partial charge in [-0.3, -0.25) is 9.59 Å². The maximum absolute atomic E-state index is 13.2. The van der Waals surface area contributed by atoms with E-state index in [4.69, 9.17) is 0 Å². The van der Waals surface area contributed by atoms with Gasteiger partial charge in [-0.05, 0) is 44.5 Å². The summed E-state index contributed by atoms with van der Waals surface area (Å²) in [5, 5.41) is 4.50. The number of amides is 2. The van der Waals surface area contributed by atoms with Gasteiger partial charge in [-0.1, -0.05) is 25.8 Å². The number of unbranched alkanes of at least 4 members (excludes halogenated alkanes) is 1. The van der Waals surface area contributed by atoms with Gasteiger partial charge in [0.1, 0.15) is 6.04 Å². The molecule has 0 saturated carbocycles. The van der Waals surface area contributed by atoms with Crippen LogP contribution in [0.25, 0.3) is 5.69 Å². The highest BCUT2D eigenvalue weighted by Gasteiger charge is 2.35. The van der Waals surface area contributed by atoms with Crippen molar-refractivity contribution in [3.63, 3.8) is 0 Å². The maximum Gasteiger partial charge on any atom is 0.254 e. The summed E-state index contributed by atoms with van der Waals surface area (Å²) in [6.45, 7) is 7.19. The molecule has 2 aromatic rings. The van der Waals surface area contributed by atoms with E-state index in [0.717, 1.165) is 29.9 Å². The maximum atomic E-state index is 13.2. The predicted octanol–water partition coefficient (Wildman–Crippen LogP) is 2.96. The molecule has 6 nitrogen and oxygen atoms in total. The van der Waals surface area contributed by atoms with Crippen LogP contribution >= 0.6 is 0 Å². The van der Waals surface area contributed by atoms with Crippen LogP contribution in [0.4, 0.5) is 0 Å². The summed E-state index contributed by atoms with van der Waals surface area (Å²) < 4.78 is 1.84. The summed E-state index contributed by atoms with van der Waals surface area (Å²) in [5.74, 6) is -0.0429. The number of aromatic nitrogens is 2. The number of hydrogen-bond acceptors (Lipinski definition) is 3. The Labute approximate surface area is 160 Å². The first kappa shape index (κ1) is 19.1. The number of carbonyl (C=O) groups excluding carboxylic acids is 2. The Morgan fingerprint density at radius 1 is 1.22 bits per heavy atom. The van der Waals surface area contributed by atoms with Crippen molar-refractivity contribution < 1.29 is 9.59 Å². The molecule has 1 aliphatic rings. The van der Waals surface area contributed by atoms with E-state index in [1.807, 2.05) is 55.9 Å². The van der Waals surface area contributed by atoms with Crippen molar-refractivity contribution in [3.05, 3.63) is 47.3 Å². The smallest absolute Gasteiger partial charge is 0.254 e. The molecule has 2 amide bonds. The number of benzene rings is 1. The van der Waals surface area contributed by atoms with Gasteiger partial charge in [0.15, 0.2) is 0 Å². The highest BCUT2D eigenvalue weighted by atomic mass is 16.2. The number of aryl methyl sites for hydroxylation is 2. The van der Waals surface area contributed by atoms with Crippen molar-refractivity contribution >= 4 is 11.8 Å². The normalized spacial score (nSPS) is 17.5. The Hall–Kier alpha value is -2.63. The molecule has 2 heterocycles. The Morgan fingerprint density at radius 2 is 2.00 bits per heavy atom. The fourth-order valence-corrected chi connectivity index (χ4v) is 3.66. The zero-order valence-corrected chi connectivity index (χ0v) is 16.6. The summed E-state index contributed by atoms with van der Waals surface area (Å²) in [6, 6.07) is 9.14. The SMILES string of the molecule is CCCC[C@H]1C(=O)N(C)CCN1C(=O)c1cccc(-n2nc(C)cc2C)c1. The van der Waals surface area contributed by atoms with E-state index < -0.39 is 0 Å². The second-order valence-electron chi connectivity index (χ2n) is 7.31. The van der Waals surface area contributed by atoms with E-state index in [1.165, 1.54) is 0 Å². The lowest BCUT2D eigenvalue weighted by Crippen LogP contribution is -2.57. The summed E-state index contributed by atoms with van der Waals surface area (Å²) >= 11 is 0. The zero-order chi connectivity index (χ0) is 19.6. The molecule has 1 aliphatic heterocycles. The predicted molar refractivity (Wildman–Crippen MR) is 105 cm³/mol. The van der Waals surface area contributed by atoms with Gasteiger partial charge in [0, 0.05) is 31.4 Å². The molecule has 1 aromatic heterocycles. The van der Waals surface area contributed by atoms with Crippen LogP contribution in [-0.2, 0) is 4.79 Å². The van der Waals surface area contributed by atoms with Crippen LogP contribution in [0.1, 0.15) is 47.9 Å². The first-order valence-electron chi connectivity index (χ1n) is 9.62. The van der Waals surface area contributed by atoms with Gasteiger partial charge in [0.2, 0.25) is 5.91 Å². The second-order valence-corrected chi connectivity index (χ2v) is 7.31. The van der Waals surface area contributed by atoms with Gasteiger partial charge >= 0.3 is 0 Å². The largest absolute Gasteiger partial charge is 0.342 e. The molecule has 3 rings (SSSR count). The quantitative estimate of drug-likeness (QED) is 0.815. The van der Waals surface area contributed by atoms with Crippen LogP contribution in [0.5, 0.6) is 0 Å². The summed E-state index contributed by atoms with van der Waals surface area (Å²) in [5.41, 5.74) is 3.41. The van der Waals surface area contributed by atoms with Crippen LogP contribution in [0.3, 0.4) is 0 Å². The van der Waals surface area contributed by atoms with Crippen molar-refractivity contribution in [2.24, 2.45) is 0 Å². The van der Waals surface area contributed by atoms with E-state index in [1.54, 1.807) is 9.80 Å². The van der Waals surface area contributed by atoms with E-state index in [9.17, 15) is 9.59 Å². The molecule has 1 aromatic carbocycles. The molecule has 0 bridgehead atoms. The fourth-order valence-electron chi connectivity index (χ4n) is 3.66. The summed E-state index contributed by atoms with van der Waals surface area (Å²) in [4.78, 5) is 29.3. The molecule has 144 valence electrons. The monoisotopic (exact) mass is 368 g/mol. The van der Waals surface area contributed by atoms with E-state index in [-0.39, 0.29) is 17.9 Å². The Balaban J connectivity index is 1.89. The van der Waals surface area contributed by atoms with E-state index >= 15 is 0 Å². The van der Waals surface area contributed by atoms with Crippen molar-refractivity contribution in [1.82, 2.24) is 19.6 Å². The van der Waals surface area contributed by atoms with Crippen molar-refractivity contribution in [2.45, 2.75) is 46.1 Å². The number of piperazine rings is 1. The lowest BCUT2D eigenvalue weighted by Gasteiger charge is -2.39. The third-order valence-electron chi connectivity index (χ3n) is 5.15. The molecule has 1 saturated heterocycles. The molecule has 0 aliphatic carbocycles. The first-order chi connectivity index (χ1) is 12.9. The molecule has 0 N–H and O–H groups in total. The highest BCUT2D eigenvalue weighted by Crippen LogP contribution is 2.21. The molecule has 0 unspecified atom stereocenters. The van der Waals surface area contributed by atoms with Gasteiger partial charge < -0.3 is 9.80 Å². The Morgan fingerprint density at radius 3 is 2.67 bits per heavy atom. The fraction of sp³-hybridized carbons (Fsp3) is 0.476. The minimum Gasteiger partial charge on any atom is -0.342 e. The lowest BCUT2D eigenvalue weighted by molar-refractivity contribution is -0.138. The Kier molecular flexibility index (Phi) is 5.63. The molecule has 1 atom stereocenters. The molecule has 27 heavy (non-hydrogen) atoms. The van der Waals surface area contributed by atoms with E-state index in [0.29, 0.717) is 25.1 Å². The molecule has 0 spiro atoms. The highest BCUT2D eigenvalue weighted by molar-refractivity contribution is 5.98. The van der Waals surface area contributed by atoms with Gasteiger partial charge in [-0.25, -0.2) is 4.68 Å². The van der Waals surface area contributed by atoms with Crippen LogP contribution < -0.4 is 0 Å². The number of likely N-dealkylation sites (N-methyl/N-ethyl adjacent to an activating group) is 1. The number of nitrogens with zero attached hydrogens (tertiary/aromatic N) is 4. The lowest BCUT2D eigenvalue weighted by atomic mass is 10.0. The van der Waals surface area contributed by atoms with Crippen molar-refractivity contribution in [2.75, 3.05) is 20.1 Å². The molecule has 0 radical (unpaired) electrons.